The Hall–Kier alpha value is -1.90. The Bertz CT molecular complexity index is 357. The Morgan fingerprint density at radius 1 is 1.57 bits per heavy atom. The second-order valence-electron chi connectivity index (χ2n) is 2.83. The number of aromatic nitrogens is 1. The Balaban J connectivity index is 2.99. The molecule has 0 fully saturated rings. The van der Waals surface area contributed by atoms with Gasteiger partial charge in [-0.05, 0) is 19.1 Å². The molecule has 0 aliphatic rings. The first-order valence-electron chi connectivity index (χ1n) is 4.19. The molecule has 3 nitrogen and oxygen atoms in total. The van der Waals surface area contributed by atoms with Crippen LogP contribution in [0.5, 0.6) is 0 Å². The van der Waals surface area contributed by atoms with Gasteiger partial charge in [0, 0.05) is 18.0 Å². The molecule has 0 aliphatic carbocycles. The number of pyridine rings is 1. The van der Waals surface area contributed by atoms with Gasteiger partial charge in [-0.3, -0.25) is 9.69 Å². The lowest BCUT2D eigenvalue weighted by Crippen LogP contribution is -2.25. The van der Waals surface area contributed by atoms with Gasteiger partial charge in [0.25, 0.3) is 5.91 Å². The Kier molecular flexibility index (Phi) is 3.18. The van der Waals surface area contributed by atoms with Crippen LogP contribution in [-0.4, -0.2) is 10.9 Å². The molecule has 0 radical (unpaired) electrons. The van der Waals surface area contributed by atoms with Gasteiger partial charge in [0.15, 0.2) is 0 Å². The Labute approximate surface area is 83.4 Å². The fourth-order valence-electron chi connectivity index (χ4n) is 0.982. The summed E-state index contributed by atoms with van der Waals surface area (Å²) in [6, 6.07) is 5.34. The molecule has 0 aromatic carbocycles. The summed E-state index contributed by atoms with van der Waals surface area (Å²) in [6.45, 7) is 8.80. The van der Waals surface area contributed by atoms with Crippen LogP contribution in [0.2, 0.25) is 0 Å². The molecule has 1 aromatic rings. The number of carbonyl (C=O) groups is 1. The van der Waals surface area contributed by atoms with E-state index in [1.807, 2.05) is 6.07 Å². The molecular formula is C11H12N2O. The van der Waals surface area contributed by atoms with E-state index in [2.05, 4.69) is 18.1 Å². The van der Waals surface area contributed by atoms with Crippen LogP contribution in [-0.2, 0) is 4.79 Å². The van der Waals surface area contributed by atoms with Crippen LogP contribution >= 0.6 is 0 Å². The second-order valence-corrected chi connectivity index (χ2v) is 2.83. The van der Waals surface area contributed by atoms with E-state index in [0.717, 1.165) is 0 Å². The number of anilines is 1. The summed E-state index contributed by atoms with van der Waals surface area (Å²) < 4.78 is 0. The van der Waals surface area contributed by atoms with E-state index in [4.69, 9.17) is 0 Å². The van der Waals surface area contributed by atoms with Crippen molar-refractivity contribution in [2.45, 2.75) is 6.92 Å². The summed E-state index contributed by atoms with van der Waals surface area (Å²) in [5, 5.41) is 0. The third-order valence-corrected chi connectivity index (χ3v) is 1.66. The molecule has 0 spiro atoms. The molecular weight excluding hydrogens is 176 g/mol. The van der Waals surface area contributed by atoms with E-state index in [1.54, 1.807) is 25.3 Å². The maximum atomic E-state index is 11.6. The minimum Gasteiger partial charge on any atom is -0.269 e. The van der Waals surface area contributed by atoms with Crippen molar-refractivity contribution in [2.24, 2.45) is 0 Å². The predicted molar refractivity (Wildman–Crippen MR) is 56.7 cm³/mol. The van der Waals surface area contributed by atoms with Gasteiger partial charge in [0.2, 0.25) is 0 Å². The standard InChI is InChI=1S/C11H12N2O/c1-4-13(11(14)9(2)3)10-7-5-6-8-12-10/h4-8H,1-2H2,3H3. The van der Waals surface area contributed by atoms with E-state index in [0.29, 0.717) is 11.4 Å². The zero-order valence-corrected chi connectivity index (χ0v) is 8.10. The van der Waals surface area contributed by atoms with Crippen molar-refractivity contribution in [3.63, 3.8) is 0 Å². The van der Waals surface area contributed by atoms with Gasteiger partial charge in [0.1, 0.15) is 5.82 Å². The van der Waals surface area contributed by atoms with Crippen molar-refractivity contribution < 1.29 is 4.79 Å². The average molecular weight is 188 g/mol. The summed E-state index contributed by atoms with van der Waals surface area (Å²) in [4.78, 5) is 17.0. The molecule has 0 atom stereocenters. The number of amides is 1. The zero-order chi connectivity index (χ0) is 10.6. The Morgan fingerprint density at radius 3 is 2.71 bits per heavy atom. The van der Waals surface area contributed by atoms with Crippen LogP contribution in [0, 0.1) is 0 Å². The zero-order valence-electron chi connectivity index (χ0n) is 8.10. The first-order valence-corrected chi connectivity index (χ1v) is 4.19. The van der Waals surface area contributed by atoms with Crippen LogP contribution in [0.25, 0.3) is 0 Å². The normalized spacial score (nSPS) is 9.21. The van der Waals surface area contributed by atoms with Gasteiger partial charge >= 0.3 is 0 Å². The lowest BCUT2D eigenvalue weighted by Gasteiger charge is -2.16. The molecule has 14 heavy (non-hydrogen) atoms. The summed E-state index contributed by atoms with van der Waals surface area (Å²) in [6.07, 6.45) is 3.05. The number of rotatable bonds is 3. The van der Waals surface area contributed by atoms with Gasteiger partial charge < -0.3 is 0 Å². The maximum Gasteiger partial charge on any atom is 0.258 e. The fourth-order valence-corrected chi connectivity index (χ4v) is 0.982. The van der Waals surface area contributed by atoms with Crippen molar-refractivity contribution in [1.82, 2.24) is 4.98 Å². The number of hydrogen-bond acceptors (Lipinski definition) is 2. The van der Waals surface area contributed by atoms with Crippen molar-refractivity contribution in [1.29, 1.82) is 0 Å². The molecule has 0 N–H and O–H groups in total. The minimum absolute atomic E-state index is 0.196. The largest absolute Gasteiger partial charge is 0.269 e. The van der Waals surface area contributed by atoms with Crippen molar-refractivity contribution >= 4 is 11.7 Å². The summed E-state index contributed by atoms with van der Waals surface area (Å²) in [7, 11) is 0. The van der Waals surface area contributed by atoms with Gasteiger partial charge in [-0.1, -0.05) is 19.2 Å². The van der Waals surface area contributed by atoms with E-state index < -0.39 is 0 Å². The fraction of sp³-hybridized carbons (Fsp3) is 0.0909. The highest BCUT2D eigenvalue weighted by atomic mass is 16.2. The third kappa shape index (κ3) is 2.07. The smallest absolute Gasteiger partial charge is 0.258 e. The molecule has 0 unspecified atom stereocenters. The summed E-state index contributed by atoms with van der Waals surface area (Å²) >= 11 is 0. The number of hydrogen-bond donors (Lipinski definition) is 0. The summed E-state index contributed by atoms with van der Waals surface area (Å²) in [5.74, 6) is 0.356. The monoisotopic (exact) mass is 188 g/mol. The quantitative estimate of drug-likeness (QED) is 0.681. The molecule has 0 saturated heterocycles. The predicted octanol–water partition coefficient (Wildman–Crippen LogP) is 2.13. The Morgan fingerprint density at radius 2 is 2.29 bits per heavy atom. The van der Waals surface area contributed by atoms with E-state index >= 15 is 0 Å². The lowest BCUT2D eigenvalue weighted by molar-refractivity contribution is -0.114. The van der Waals surface area contributed by atoms with Gasteiger partial charge in [-0.25, -0.2) is 4.98 Å². The highest BCUT2D eigenvalue weighted by molar-refractivity contribution is 6.05. The number of nitrogens with zero attached hydrogens (tertiary/aromatic N) is 2. The average Bonchev–Trinajstić information content (AvgIpc) is 2.20. The first-order chi connectivity index (χ1) is 6.66. The molecule has 0 aliphatic heterocycles. The lowest BCUT2D eigenvalue weighted by atomic mass is 10.3. The number of carbonyl (C=O) groups excluding carboxylic acids is 1. The topological polar surface area (TPSA) is 33.2 Å². The molecule has 1 heterocycles. The maximum absolute atomic E-state index is 11.6. The van der Waals surface area contributed by atoms with Gasteiger partial charge in [-0.2, -0.15) is 0 Å². The minimum atomic E-state index is -0.196. The highest BCUT2D eigenvalue weighted by Crippen LogP contribution is 2.11. The van der Waals surface area contributed by atoms with Crippen LogP contribution in [0.15, 0.2) is 49.3 Å². The van der Waals surface area contributed by atoms with Crippen molar-refractivity contribution in [3.8, 4) is 0 Å². The molecule has 1 amide bonds. The molecule has 0 bridgehead atoms. The molecule has 72 valence electrons. The first kappa shape index (κ1) is 10.2. The van der Waals surface area contributed by atoms with Crippen LogP contribution in [0.4, 0.5) is 5.82 Å². The van der Waals surface area contributed by atoms with Gasteiger partial charge in [-0.15, -0.1) is 0 Å². The van der Waals surface area contributed by atoms with Crippen LogP contribution in [0.3, 0.4) is 0 Å². The van der Waals surface area contributed by atoms with Gasteiger partial charge in [0.05, 0.1) is 0 Å². The van der Waals surface area contributed by atoms with E-state index in [-0.39, 0.29) is 5.91 Å². The molecule has 3 heteroatoms. The van der Waals surface area contributed by atoms with Crippen LogP contribution in [0.1, 0.15) is 6.92 Å². The van der Waals surface area contributed by atoms with E-state index in [9.17, 15) is 4.79 Å². The molecule has 1 aromatic heterocycles. The van der Waals surface area contributed by atoms with Crippen LogP contribution < -0.4 is 4.90 Å². The molecule has 1 rings (SSSR count). The van der Waals surface area contributed by atoms with E-state index in [1.165, 1.54) is 11.1 Å². The second kappa shape index (κ2) is 4.37. The summed E-state index contributed by atoms with van der Waals surface area (Å²) in [5.41, 5.74) is 0.454. The van der Waals surface area contributed by atoms with Crippen molar-refractivity contribution in [3.05, 3.63) is 49.3 Å². The highest BCUT2D eigenvalue weighted by Gasteiger charge is 2.13. The third-order valence-electron chi connectivity index (χ3n) is 1.66. The molecule has 0 saturated carbocycles. The SMILES string of the molecule is C=CN(C(=O)C(=C)C)c1ccccn1. The van der Waals surface area contributed by atoms with Crippen molar-refractivity contribution in [2.75, 3.05) is 4.90 Å².